The molecule has 37 heavy (non-hydrogen) atoms. The van der Waals surface area contributed by atoms with Crippen LogP contribution in [0, 0.1) is 22.7 Å². The zero-order chi connectivity index (χ0) is 27.0. The zero-order valence-corrected chi connectivity index (χ0v) is 23.6. The highest BCUT2D eigenvalue weighted by molar-refractivity contribution is 9.10. The van der Waals surface area contributed by atoms with Gasteiger partial charge in [-0.1, -0.05) is 60.6 Å². The van der Waals surface area contributed by atoms with Gasteiger partial charge in [0.25, 0.3) is 0 Å². The number of benzene rings is 1. The summed E-state index contributed by atoms with van der Waals surface area (Å²) in [6, 6.07) is 9.85. The average molecular weight is 610 g/mol. The zero-order valence-electron chi connectivity index (χ0n) is 20.4. The summed E-state index contributed by atoms with van der Waals surface area (Å²) in [6.45, 7) is 6.62. The summed E-state index contributed by atoms with van der Waals surface area (Å²) in [5.74, 6) is -0.139. The van der Waals surface area contributed by atoms with Crippen molar-refractivity contribution in [2.45, 2.75) is 51.4 Å². The van der Waals surface area contributed by atoms with Crippen LogP contribution < -0.4 is 5.32 Å². The number of rotatable bonds is 5. The monoisotopic (exact) mass is 608 g/mol. The van der Waals surface area contributed by atoms with Crippen molar-refractivity contribution in [2.24, 2.45) is 11.3 Å². The lowest BCUT2D eigenvalue weighted by Gasteiger charge is -2.33. The van der Waals surface area contributed by atoms with Crippen LogP contribution in [0.4, 0.5) is 18.2 Å². The fraction of sp³-hybridized carbons (Fsp3) is 0.385. The molecule has 0 bridgehead atoms. The van der Waals surface area contributed by atoms with Gasteiger partial charge in [-0.2, -0.15) is 18.4 Å². The smallest absolute Gasteiger partial charge is 0.316 e. The summed E-state index contributed by atoms with van der Waals surface area (Å²) in [5.41, 5.74) is 1.17. The van der Waals surface area contributed by atoms with E-state index in [1.807, 2.05) is 0 Å². The van der Waals surface area contributed by atoms with E-state index in [1.54, 1.807) is 24.3 Å². The SMILES string of the molecule is CC(C)(C)[C@H]1CCc2c(sc(NC(=O)CSc3nc(-c4ccc(Br)cc4)cc(C(F)(F)F)n3)c2C#N)C1. The molecule has 1 aliphatic rings. The van der Waals surface area contributed by atoms with Crippen LogP contribution in [-0.4, -0.2) is 21.6 Å². The Balaban J connectivity index is 1.51. The molecule has 194 valence electrons. The van der Waals surface area contributed by atoms with Crippen molar-refractivity contribution in [3.63, 3.8) is 0 Å². The third-order valence-electron chi connectivity index (χ3n) is 6.32. The molecule has 0 saturated carbocycles. The summed E-state index contributed by atoms with van der Waals surface area (Å²) in [5, 5.41) is 12.9. The molecule has 1 atom stereocenters. The number of anilines is 1. The van der Waals surface area contributed by atoms with Crippen LogP contribution in [0.25, 0.3) is 11.3 Å². The van der Waals surface area contributed by atoms with Crippen molar-refractivity contribution in [1.82, 2.24) is 9.97 Å². The first-order chi connectivity index (χ1) is 17.3. The van der Waals surface area contributed by atoms with E-state index in [0.717, 1.165) is 52.0 Å². The number of alkyl halides is 3. The van der Waals surface area contributed by atoms with Crippen LogP contribution in [0.3, 0.4) is 0 Å². The Morgan fingerprint density at radius 1 is 1.24 bits per heavy atom. The van der Waals surface area contributed by atoms with Crippen LogP contribution in [0.5, 0.6) is 0 Å². The highest BCUT2D eigenvalue weighted by atomic mass is 79.9. The molecule has 1 aliphatic carbocycles. The molecule has 2 heterocycles. The second-order valence-electron chi connectivity index (χ2n) is 9.89. The maximum atomic E-state index is 13.5. The Kier molecular flexibility index (Phi) is 8.02. The number of thiophene rings is 1. The lowest BCUT2D eigenvalue weighted by molar-refractivity contribution is -0.141. The molecule has 1 N–H and O–H groups in total. The van der Waals surface area contributed by atoms with Crippen LogP contribution in [0.15, 0.2) is 40.0 Å². The Hall–Kier alpha value is -2.42. The lowest BCUT2D eigenvalue weighted by atomic mass is 9.72. The Bertz CT molecular complexity index is 1360. The number of nitrogens with one attached hydrogen (secondary N) is 1. The number of thioether (sulfide) groups is 1. The lowest BCUT2D eigenvalue weighted by Crippen LogP contribution is -2.26. The Labute approximate surface area is 230 Å². The molecule has 0 fully saturated rings. The largest absolute Gasteiger partial charge is 0.433 e. The number of halogens is 4. The number of amides is 1. The van der Waals surface area contributed by atoms with Crippen molar-refractivity contribution in [2.75, 3.05) is 11.1 Å². The molecule has 2 aromatic heterocycles. The predicted molar refractivity (Wildman–Crippen MR) is 144 cm³/mol. The number of hydrogen-bond donors (Lipinski definition) is 1. The minimum absolute atomic E-state index is 0.115. The molecule has 4 rings (SSSR count). The van der Waals surface area contributed by atoms with Gasteiger partial charge in [0.2, 0.25) is 5.91 Å². The maximum absolute atomic E-state index is 13.5. The molecular formula is C26H24BrF3N4OS2. The molecule has 3 aromatic rings. The second-order valence-corrected chi connectivity index (χ2v) is 12.9. The first kappa shape index (κ1) is 27.6. The average Bonchev–Trinajstić information content (AvgIpc) is 3.18. The fourth-order valence-electron chi connectivity index (χ4n) is 4.23. The maximum Gasteiger partial charge on any atom is 0.433 e. The number of nitrogens with zero attached hydrogens (tertiary/aromatic N) is 3. The topological polar surface area (TPSA) is 78.7 Å². The summed E-state index contributed by atoms with van der Waals surface area (Å²) in [6.07, 6.45) is -2.02. The minimum Gasteiger partial charge on any atom is -0.316 e. The molecule has 0 unspecified atom stereocenters. The number of hydrogen-bond acceptors (Lipinski definition) is 6. The van der Waals surface area contributed by atoms with Gasteiger partial charge in [-0.05, 0) is 54.4 Å². The summed E-state index contributed by atoms with van der Waals surface area (Å²) >= 11 is 5.54. The fourth-order valence-corrected chi connectivity index (χ4v) is 6.44. The second kappa shape index (κ2) is 10.8. The third-order valence-corrected chi connectivity index (χ3v) is 8.87. The first-order valence-electron chi connectivity index (χ1n) is 11.5. The molecule has 11 heteroatoms. The van der Waals surface area contributed by atoms with Crippen LogP contribution in [0.1, 0.15) is 48.9 Å². The summed E-state index contributed by atoms with van der Waals surface area (Å²) in [4.78, 5) is 21.7. The number of fused-ring (bicyclic) bond motifs is 1. The van der Waals surface area contributed by atoms with E-state index >= 15 is 0 Å². The van der Waals surface area contributed by atoms with Crippen LogP contribution >= 0.6 is 39.0 Å². The van der Waals surface area contributed by atoms with Crippen molar-refractivity contribution in [3.8, 4) is 17.3 Å². The van der Waals surface area contributed by atoms with E-state index in [2.05, 4.69) is 58.1 Å². The van der Waals surface area contributed by atoms with E-state index in [9.17, 15) is 23.2 Å². The third kappa shape index (κ3) is 6.54. The van der Waals surface area contributed by atoms with Gasteiger partial charge in [-0.3, -0.25) is 4.79 Å². The van der Waals surface area contributed by atoms with Gasteiger partial charge in [0.05, 0.1) is 17.0 Å². The van der Waals surface area contributed by atoms with Gasteiger partial charge in [0, 0.05) is 14.9 Å². The van der Waals surface area contributed by atoms with Crippen LogP contribution in [0.2, 0.25) is 0 Å². The van der Waals surface area contributed by atoms with Crippen molar-refractivity contribution in [3.05, 3.63) is 56.5 Å². The van der Waals surface area contributed by atoms with Gasteiger partial charge in [-0.25, -0.2) is 9.97 Å². The summed E-state index contributed by atoms with van der Waals surface area (Å²) in [7, 11) is 0. The molecular weight excluding hydrogens is 585 g/mol. The molecule has 0 spiro atoms. The molecule has 5 nitrogen and oxygen atoms in total. The van der Waals surface area contributed by atoms with Gasteiger partial charge >= 0.3 is 6.18 Å². The van der Waals surface area contributed by atoms with Crippen molar-refractivity contribution >= 4 is 49.9 Å². The summed E-state index contributed by atoms with van der Waals surface area (Å²) < 4.78 is 41.3. The standard InChI is InChI=1S/C26H24BrF3N4OS2/c1-25(2,3)15-6-9-17-18(12-31)23(37-20(17)10-15)34-22(35)13-36-24-32-19(11-21(33-24)26(28,29)30)14-4-7-16(27)8-5-14/h4-5,7-8,11,15H,6,9-10,13H2,1-3H3,(H,34,35)/t15-/m0/s1. The quantitative estimate of drug-likeness (QED) is 0.237. The van der Waals surface area contributed by atoms with Gasteiger partial charge in [0.1, 0.15) is 16.8 Å². The van der Waals surface area contributed by atoms with E-state index in [0.29, 0.717) is 22.0 Å². The van der Waals surface area contributed by atoms with Gasteiger partial charge in [-0.15, -0.1) is 11.3 Å². The van der Waals surface area contributed by atoms with Crippen molar-refractivity contribution in [1.29, 1.82) is 5.26 Å². The first-order valence-corrected chi connectivity index (χ1v) is 14.1. The Morgan fingerprint density at radius 3 is 2.57 bits per heavy atom. The van der Waals surface area contributed by atoms with Crippen LogP contribution in [-0.2, 0) is 23.8 Å². The van der Waals surface area contributed by atoms with E-state index in [1.165, 1.54) is 11.3 Å². The molecule has 0 saturated heterocycles. The number of carbonyl (C=O) groups is 1. The minimum atomic E-state index is -4.66. The number of aromatic nitrogens is 2. The molecule has 0 aliphatic heterocycles. The van der Waals surface area contributed by atoms with Gasteiger partial charge in [0.15, 0.2) is 5.16 Å². The van der Waals surface area contributed by atoms with E-state index in [-0.39, 0.29) is 22.0 Å². The number of nitriles is 1. The molecule has 1 aromatic carbocycles. The normalized spacial score (nSPS) is 15.7. The van der Waals surface area contributed by atoms with E-state index < -0.39 is 17.8 Å². The van der Waals surface area contributed by atoms with Gasteiger partial charge < -0.3 is 5.32 Å². The molecule has 0 radical (unpaired) electrons. The predicted octanol–water partition coefficient (Wildman–Crippen LogP) is 7.74. The number of carbonyl (C=O) groups excluding carboxylic acids is 1. The van der Waals surface area contributed by atoms with E-state index in [4.69, 9.17) is 0 Å². The van der Waals surface area contributed by atoms with Crippen molar-refractivity contribution < 1.29 is 18.0 Å². The highest BCUT2D eigenvalue weighted by Gasteiger charge is 2.34. The Morgan fingerprint density at radius 2 is 1.95 bits per heavy atom. The molecule has 1 amide bonds. The highest BCUT2D eigenvalue weighted by Crippen LogP contribution is 2.44.